The maximum atomic E-state index is 12.5. The summed E-state index contributed by atoms with van der Waals surface area (Å²) in [7, 11) is 0. The Bertz CT molecular complexity index is 1870. The number of nitriles is 1. The molecular formula is C31H22N8O. The zero-order valence-corrected chi connectivity index (χ0v) is 21.2. The van der Waals surface area contributed by atoms with Crippen LogP contribution in [0.4, 0.5) is 5.82 Å². The molecule has 0 bridgehead atoms. The minimum atomic E-state index is -0.270. The van der Waals surface area contributed by atoms with Crippen LogP contribution < -0.4 is 11.1 Å². The smallest absolute Gasteiger partial charge is 0.253 e. The Kier molecular flexibility index (Phi) is 6.40. The van der Waals surface area contributed by atoms with Gasteiger partial charge in [-0.1, -0.05) is 42.5 Å². The predicted octanol–water partition coefficient (Wildman–Crippen LogP) is 4.93. The van der Waals surface area contributed by atoms with E-state index in [1.54, 1.807) is 12.3 Å². The number of benzene rings is 2. The van der Waals surface area contributed by atoms with Crippen LogP contribution in [0.5, 0.6) is 0 Å². The Labute approximate surface area is 229 Å². The number of nitrogens with two attached hydrogens (primary N) is 1. The molecule has 0 radical (unpaired) electrons. The van der Waals surface area contributed by atoms with Gasteiger partial charge in [-0.25, -0.2) is 19.9 Å². The van der Waals surface area contributed by atoms with E-state index in [9.17, 15) is 4.79 Å². The number of nitrogens with zero attached hydrogens (tertiary/aromatic N) is 6. The van der Waals surface area contributed by atoms with Crippen molar-refractivity contribution < 1.29 is 4.79 Å². The normalized spacial score (nSPS) is 10.8. The number of carbonyl (C=O) groups is 1. The maximum absolute atomic E-state index is 12.5. The van der Waals surface area contributed by atoms with Crippen LogP contribution >= 0.6 is 0 Å². The standard InChI is InChI=1S/C31H22N8O/c32-17-23-11-10-22(19-35-23)31(40)36-18-20-8-12-24(13-9-20)39-29(25-7-4-16-34-28(25)33)38-27-15-14-26(37-30(27)39)21-5-2-1-3-6-21/h1-16,19H,18H2,(H2,33,34)(H,36,40). The molecular weight excluding hydrogens is 500 g/mol. The van der Waals surface area contributed by atoms with E-state index in [-0.39, 0.29) is 11.6 Å². The van der Waals surface area contributed by atoms with Gasteiger partial charge in [-0.15, -0.1) is 0 Å². The molecule has 40 heavy (non-hydrogen) atoms. The lowest BCUT2D eigenvalue weighted by molar-refractivity contribution is 0.0950. The summed E-state index contributed by atoms with van der Waals surface area (Å²) in [6, 6.07) is 30.4. The van der Waals surface area contributed by atoms with E-state index in [0.717, 1.165) is 28.0 Å². The van der Waals surface area contributed by atoms with Gasteiger partial charge >= 0.3 is 0 Å². The van der Waals surface area contributed by atoms with Gasteiger partial charge in [0, 0.05) is 30.2 Å². The van der Waals surface area contributed by atoms with Gasteiger partial charge in [0.15, 0.2) is 11.5 Å². The van der Waals surface area contributed by atoms with E-state index in [1.165, 1.54) is 12.3 Å². The van der Waals surface area contributed by atoms with Crippen molar-refractivity contribution in [1.29, 1.82) is 5.26 Å². The molecule has 0 aliphatic rings. The molecule has 6 rings (SSSR count). The Morgan fingerprint density at radius 1 is 0.900 bits per heavy atom. The van der Waals surface area contributed by atoms with Crippen LogP contribution in [-0.4, -0.2) is 30.4 Å². The molecule has 0 atom stereocenters. The number of nitrogen functional groups attached to an aromatic ring is 1. The average Bonchev–Trinajstić information content (AvgIpc) is 3.39. The SMILES string of the molecule is N#Cc1ccc(C(=O)NCc2ccc(-n3c(-c4cccnc4N)nc4ccc(-c5ccccc5)nc43)cc2)cn1. The third-order valence-corrected chi connectivity index (χ3v) is 6.44. The van der Waals surface area contributed by atoms with E-state index in [0.29, 0.717) is 35.0 Å². The first-order chi connectivity index (χ1) is 19.6. The zero-order valence-electron chi connectivity index (χ0n) is 21.2. The average molecular weight is 523 g/mol. The maximum Gasteiger partial charge on any atom is 0.253 e. The van der Waals surface area contributed by atoms with Crippen molar-refractivity contribution >= 4 is 22.9 Å². The second-order valence-electron chi connectivity index (χ2n) is 9.01. The van der Waals surface area contributed by atoms with Crippen molar-refractivity contribution in [3.8, 4) is 34.4 Å². The van der Waals surface area contributed by atoms with E-state index < -0.39 is 0 Å². The molecule has 0 saturated carbocycles. The van der Waals surface area contributed by atoms with Crippen LogP contribution in [-0.2, 0) is 6.54 Å². The fraction of sp³-hybridized carbons (Fsp3) is 0.0323. The molecule has 3 N–H and O–H groups in total. The van der Waals surface area contributed by atoms with Gasteiger partial charge in [-0.05, 0) is 54.1 Å². The van der Waals surface area contributed by atoms with Crippen LogP contribution in [0.25, 0.3) is 39.5 Å². The van der Waals surface area contributed by atoms with Gasteiger partial charge in [0.1, 0.15) is 23.1 Å². The van der Waals surface area contributed by atoms with Gasteiger partial charge in [0.05, 0.1) is 16.8 Å². The molecule has 2 aromatic carbocycles. The number of hydrogen-bond donors (Lipinski definition) is 2. The first-order valence-corrected chi connectivity index (χ1v) is 12.5. The van der Waals surface area contributed by atoms with Crippen molar-refractivity contribution in [2.45, 2.75) is 6.54 Å². The molecule has 4 heterocycles. The van der Waals surface area contributed by atoms with E-state index >= 15 is 0 Å². The number of hydrogen-bond acceptors (Lipinski definition) is 7. The number of amides is 1. The molecule has 0 unspecified atom stereocenters. The van der Waals surface area contributed by atoms with Gasteiger partial charge in [-0.3, -0.25) is 9.36 Å². The molecule has 9 heteroatoms. The summed E-state index contributed by atoms with van der Waals surface area (Å²) in [5, 5.41) is 11.8. The number of rotatable bonds is 6. The molecule has 0 aliphatic carbocycles. The van der Waals surface area contributed by atoms with Crippen molar-refractivity contribution in [3.63, 3.8) is 0 Å². The summed E-state index contributed by atoms with van der Waals surface area (Å²) in [5.74, 6) is 0.736. The van der Waals surface area contributed by atoms with E-state index in [1.807, 2.05) is 89.5 Å². The minimum Gasteiger partial charge on any atom is -0.383 e. The van der Waals surface area contributed by atoms with Gasteiger partial charge in [-0.2, -0.15) is 5.26 Å². The largest absolute Gasteiger partial charge is 0.383 e. The molecule has 0 fully saturated rings. The first-order valence-electron chi connectivity index (χ1n) is 12.5. The van der Waals surface area contributed by atoms with Crippen molar-refractivity contribution in [1.82, 2.24) is 29.8 Å². The summed E-state index contributed by atoms with van der Waals surface area (Å²) in [4.78, 5) is 30.6. The molecule has 0 aliphatic heterocycles. The molecule has 9 nitrogen and oxygen atoms in total. The van der Waals surface area contributed by atoms with Gasteiger partial charge < -0.3 is 11.1 Å². The fourth-order valence-corrected chi connectivity index (χ4v) is 4.40. The quantitative estimate of drug-likeness (QED) is 0.317. The molecule has 192 valence electrons. The lowest BCUT2D eigenvalue weighted by Gasteiger charge is -2.12. The number of anilines is 1. The highest BCUT2D eigenvalue weighted by Gasteiger charge is 2.19. The lowest BCUT2D eigenvalue weighted by atomic mass is 10.1. The third-order valence-electron chi connectivity index (χ3n) is 6.44. The Morgan fingerprint density at radius 3 is 2.45 bits per heavy atom. The molecule has 6 aromatic rings. The highest BCUT2D eigenvalue weighted by Crippen LogP contribution is 2.31. The summed E-state index contributed by atoms with van der Waals surface area (Å²) in [6.07, 6.45) is 3.04. The minimum absolute atomic E-state index is 0.261. The summed E-state index contributed by atoms with van der Waals surface area (Å²) >= 11 is 0. The number of nitrogens with one attached hydrogen (secondary N) is 1. The lowest BCUT2D eigenvalue weighted by Crippen LogP contribution is -2.22. The van der Waals surface area contributed by atoms with Crippen LogP contribution in [0, 0.1) is 11.3 Å². The highest BCUT2D eigenvalue weighted by atomic mass is 16.1. The van der Waals surface area contributed by atoms with Gasteiger partial charge in [0.2, 0.25) is 0 Å². The summed E-state index contributed by atoms with van der Waals surface area (Å²) < 4.78 is 1.97. The second kappa shape index (κ2) is 10.5. The second-order valence-corrected chi connectivity index (χ2v) is 9.01. The van der Waals surface area contributed by atoms with Crippen LogP contribution in [0.15, 0.2) is 103 Å². The van der Waals surface area contributed by atoms with Crippen molar-refractivity contribution in [2.75, 3.05) is 5.73 Å². The fourth-order valence-electron chi connectivity index (χ4n) is 4.40. The molecule has 4 aromatic heterocycles. The van der Waals surface area contributed by atoms with Crippen molar-refractivity contribution in [2.24, 2.45) is 0 Å². The third kappa shape index (κ3) is 4.73. The summed E-state index contributed by atoms with van der Waals surface area (Å²) in [5.41, 5.74) is 12.6. The Morgan fingerprint density at radius 2 is 1.73 bits per heavy atom. The number of aromatic nitrogens is 5. The summed E-state index contributed by atoms with van der Waals surface area (Å²) in [6.45, 7) is 0.322. The first kappa shape index (κ1) is 24.5. The topological polar surface area (TPSA) is 135 Å². The van der Waals surface area contributed by atoms with Crippen molar-refractivity contribution in [3.05, 3.63) is 120 Å². The van der Waals surface area contributed by atoms with Crippen LogP contribution in [0.2, 0.25) is 0 Å². The zero-order chi connectivity index (χ0) is 27.5. The van der Waals surface area contributed by atoms with Crippen LogP contribution in [0.1, 0.15) is 21.6 Å². The number of pyridine rings is 3. The monoisotopic (exact) mass is 522 g/mol. The van der Waals surface area contributed by atoms with Gasteiger partial charge in [0.25, 0.3) is 5.91 Å². The van der Waals surface area contributed by atoms with E-state index in [4.69, 9.17) is 21.0 Å². The van der Waals surface area contributed by atoms with Crippen LogP contribution in [0.3, 0.4) is 0 Å². The van der Waals surface area contributed by atoms with E-state index in [2.05, 4.69) is 15.3 Å². The number of carbonyl (C=O) groups excluding carboxylic acids is 1. The molecule has 0 spiro atoms. The number of imidazole rings is 1. The Balaban J connectivity index is 1.35. The molecule has 0 saturated heterocycles. The highest BCUT2D eigenvalue weighted by molar-refractivity contribution is 5.93. The Hall–Kier alpha value is -5.88. The number of fused-ring (bicyclic) bond motifs is 1. The molecule has 1 amide bonds. The predicted molar refractivity (Wildman–Crippen MR) is 152 cm³/mol.